The largest absolute Gasteiger partial charge is 0.481 e. The summed E-state index contributed by atoms with van der Waals surface area (Å²) < 4.78 is 4.99. The Morgan fingerprint density at radius 2 is 2.33 bits per heavy atom. The number of nitrogens with one attached hydrogen (secondary N) is 1. The summed E-state index contributed by atoms with van der Waals surface area (Å²) in [6, 6.07) is 2.01. The molecule has 84 valence electrons. The van der Waals surface area contributed by atoms with Gasteiger partial charge in [0.05, 0.1) is 7.11 Å². The number of hydrogen-bond acceptors (Lipinski definition) is 5. The second-order valence-corrected chi connectivity index (χ2v) is 3.33. The first-order valence-corrected chi connectivity index (χ1v) is 5.11. The molecule has 0 saturated carbocycles. The second-order valence-electron chi connectivity index (χ2n) is 3.33. The molecule has 0 amide bonds. The standard InChI is InChI=1S/C10H18N4O/c1-3-8(11)4-5-12-9-6-10(15-2)14-7-13-9/h6-8H,3-5,11H2,1-2H3,(H,12,13,14). The summed E-state index contributed by atoms with van der Waals surface area (Å²) in [6.45, 7) is 2.90. The van der Waals surface area contributed by atoms with Crippen LogP contribution in [0.1, 0.15) is 19.8 Å². The summed E-state index contributed by atoms with van der Waals surface area (Å²) >= 11 is 0. The van der Waals surface area contributed by atoms with E-state index >= 15 is 0 Å². The minimum absolute atomic E-state index is 0.251. The lowest BCUT2D eigenvalue weighted by atomic mass is 10.2. The molecule has 5 heteroatoms. The third kappa shape index (κ3) is 4.12. The van der Waals surface area contributed by atoms with Crippen molar-refractivity contribution in [1.82, 2.24) is 9.97 Å². The molecule has 1 heterocycles. The number of methoxy groups -OCH3 is 1. The lowest BCUT2D eigenvalue weighted by molar-refractivity contribution is 0.397. The normalized spacial score (nSPS) is 12.2. The zero-order valence-electron chi connectivity index (χ0n) is 9.23. The summed E-state index contributed by atoms with van der Waals surface area (Å²) in [4.78, 5) is 7.99. The molecule has 0 aliphatic carbocycles. The second kappa shape index (κ2) is 6.19. The zero-order valence-corrected chi connectivity index (χ0v) is 9.23. The van der Waals surface area contributed by atoms with Gasteiger partial charge in [-0.25, -0.2) is 9.97 Å². The SMILES string of the molecule is CCC(N)CCNc1cc(OC)ncn1. The van der Waals surface area contributed by atoms with Crippen LogP contribution in [0.15, 0.2) is 12.4 Å². The highest BCUT2D eigenvalue weighted by atomic mass is 16.5. The van der Waals surface area contributed by atoms with Gasteiger partial charge in [0, 0.05) is 18.7 Å². The summed E-state index contributed by atoms with van der Waals surface area (Å²) in [5.41, 5.74) is 5.80. The van der Waals surface area contributed by atoms with E-state index in [2.05, 4.69) is 22.2 Å². The van der Waals surface area contributed by atoms with E-state index in [4.69, 9.17) is 10.5 Å². The Kier molecular flexibility index (Phi) is 4.83. The maximum atomic E-state index is 5.80. The van der Waals surface area contributed by atoms with Crippen LogP contribution in [0, 0.1) is 0 Å². The number of hydrogen-bond donors (Lipinski definition) is 2. The van der Waals surface area contributed by atoms with Crippen LogP contribution in [0.2, 0.25) is 0 Å². The number of nitrogens with two attached hydrogens (primary N) is 1. The van der Waals surface area contributed by atoms with Crippen LogP contribution in [-0.2, 0) is 0 Å². The Bertz CT molecular complexity index is 293. The van der Waals surface area contributed by atoms with Gasteiger partial charge >= 0.3 is 0 Å². The molecule has 0 bridgehead atoms. The van der Waals surface area contributed by atoms with Crippen LogP contribution in [0.5, 0.6) is 5.88 Å². The van der Waals surface area contributed by atoms with Crippen LogP contribution in [0.3, 0.4) is 0 Å². The predicted molar refractivity (Wildman–Crippen MR) is 60.0 cm³/mol. The van der Waals surface area contributed by atoms with E-state index in [1.807, 2.05) is 0 Å². The lowest BCUT2D eigenvalue weighted by Crippen LogP contribution is -2.22. The minimum Gasteiger partial charge on any atom is -0.481 e. The molecule has 15 heavy (non-hydrogen) atoms. The molecular formula is C10H18N4O. The molecule has 0 spiro atoms. The Labute approximate surface area is 90.1 Å². The van der Waals surface area contributed by atoms with Crippen molar-refractivity contribution >= 4 is 5.82 Å². The number of ether oxygens (including phenoxy) is 1. The molecule has 1 atom stereocenters. The van der Waals surface area contributed by atoms with Crippen LogP contribution >= 0.6 is 0 Å². The van der Waals surface area contributed by atoms with Gasteiger partial charge in [0.15, 0.2) is 0 Å². The van der Waals surface area contributed by atoms with Gasteiger partial charge in [-0.1, -0.05) is 6.92 Å². The number of anilines is 1. The molecular weight excluding hydrogens is 192 g/mol. The first kappa shape index (κ1) is 11.7. The smallest absolute Gasteiger partial charge is 0.218 e. The molecule has 0 aliphatic rings. The number of rotatable bonds is 6. The lowest BCUT2D eigenvalue weighted by Gasteiger charge is -2.10. The average molecular weight is 210 g/mol. The van der Waals surface area contributed by atoms with Crippen LogP contribution < -0.4 is 15.8 Å². The first-order chi connectivity index (χ1) is 7.26. The fourth-order valence-corrected chi connectivity index (χ4v) is 1.14. The molecule has 0 aliphatic heterocycles. The Balaban J connectivity index is 2.37. The molecule has 0 aromatic carbocycles. The Morgan fingerprint density at radius 1 is 1.53 bits per heavy atom. The van der Waals surface area contributed by atoms with E-state index in [0.29, 0.717) is 5.88 Å². The van der Waals surface area contributed by atoms with Gasteiger partial charge in [0.2, 0.25) is 5.88 Å². The van der Waals surface area contributed by atoms with E-state index in [1.165, 1.54) is 6.33 Å². The van der Waals surface area contributed by atoms with Gasteiger partial charge in [-0.2, -0.15) is 0 Å². The van der Waals surface area contributed by atoms with Crippen molar-refractivity contribution in [3.05, 3.63) is 12.4 Å². The molecule has 1 aromatic heterocycles. The minimum atomic E-state index is 0.251. The van der Waals surface area contributed by atoms with Crippen LogP contribution in [0.4, 0.5) is 5.82 Å². The predicted octanol–water partition coefficient (Wildman–Crippen LogP) is 1.02. The maximum absolute atomic E-state index is 5.80. The van der Waals surface area contributed by atoms with E-state index in [0.717, 1.165) is 25.2 Å². The van der Waals surface area contributed by atoms with Gasteiger partial charge in [0.25, 0.3) is 0 Å². The summed E-state index contributed by atoms with van der Waals surface area (Å²) in [5.74, 6) is 1.33. The maximum Gasteiger partial charge on any atom is 0.218 e. The molecule has 1 rings (SSSR count). The average Bonchev–Trinajstić information content (AvgIpc) is 2.29. The van der Waals surface area contributed by atoms with Crippen molar-refractivity contribution in [1.29, 1.82) is 0 Å². The highest BCUT2D eigenvalue weighted by Gasteiger charge is 2.00. The van der Waals surface area contributed by atoms with Gasteiger partial charge in [0.1, 0.15) is 12.1 Å². The molecule has 1 aromatic rings. The van der Waals surface area contributed by atoms with Gasteiger partial charge in [-0.15, -0.1) is 0 Å². The molecule has 0 saturated heterocycles. The topological polar surface area (TPSA) is 73.1 Å². The molecule has 0 fully saturated rings. The summed E-state index contributed by atoms with van der Waals surface area (Å²) in [6.07, 6.45) is 3.40. The molecule has 0 radical (unpaired) electrons. The third-order valence-electron chi connectivity index (χ3n) is 2.20. The number of aromatic nitrogens is 2. The van der Waals surface area contributed by atoms with E-state index in [-0.39, 0.29) is 6.04 Å². The van der Waals surface area contributed by atoms with Crippen molar-refractivity contribution < 1.29 is 4.74 Å². The zero-order chi connectivity index (χ0) is 11.1. The van der Waals surface area contributed by atoms with Gasteiger partial charge in [-0.3, -0.25) is 0 Å². The van der Waals surface area contributed by atoms with Crippen LogP contribution in [-0.4, -0.2) is 29.7 Å². The van der Waals surface area contributed by atoms with Crippen molar-refractivity contribution in [3.63, 3.8) is 0 Å². The van der Waals surface area contributed by atoms with Gasteiger partial charge < -0.3 is 15.8 Å². The van der Waals surface area contributed by atoms with E-state index < -0.39 is 0 Å². The highest BCUT2D eigenvalue weighted by Crippen LogP contribution is 2.09. The van der Waals surface area contributed by atoms with E-state index in [9.17, 15) is 0 Å². The fraction of sp³-hybridized carbons (Fsp3) is 0.600. The fourth-order valence-electron chi connectivity index (χ4n) is 1.14. The van der Waals surface area contributed by atoms with Gasteiger partial charge in [-0.05, 0) is 12.8 Å². The Hall–Kier alpha value is -1.36. The molecule has 5 nitrogen and oxygen atoms in total. The van der Waals surface area contributed by atoms with Crippen molar-refractivity contribution in [2.45, 2.75) is 25.8 Å². The number of nitrogens with zero attached hydrogens (tertiary/aromatic N) is 2. The molecule has 1 unspecified atom stereocenters. The third-order valence-corrected chi connectivity index (χ3v) is 2.20. The summed E-state index contributed by atoms with van der Waals surface area (Å²) in [7, 11) is 1.58. The summed E-state index contributed by atoms with van der Waals surface area (Å²) in [5, 5.41) is 3.17. The first-order valence-electron chi connectivity index (χ1n) is 5.11. The molecule has 3 N–H and O–H groups in total. The van der Waals surface area contributed by atoms with Crippen LogP contribution in [0.25, 0.3) is 0 Å². The van der Waals surface area contributed by atoms with Crippen molar-refractivity contribution in [3.8, 4) is 5.88 Å². The van der Waals surface area contributed by atoms with Crippen molar-refractivity contribution in [2.24, 2.45) is 5.73 Å². The monoisotopic (exact) mass is 210 g/mol. The highest BCUT2D eigenvalue weighted by molar-refractivity contribution is 5.36. The van der Waals surface area contributed by atoms with Crippen molar-refractivity contribution in [2.75, 3.05) is 19.0 Å². The Morgan fingerprint density at radius 3 is 3.00 bits per heavy atom. The van der Waals surface area contributed by atoms with E-state index in [1.54, 1.807) is 13.2 Å². The quantitative estimate of drug-likeness (QED) is 0.733.